The van der Waals surface area contributed by atoms with Gasteiger partial charge in [0, 0.05) is 19.0 Å². The molecule has 122 valence electrons. The number of nitrogens with zero attached hydrogens (tertiary/aromatic N) is 1. The zero-order chi connectivity index (χ0) is 15.9. The van der Waals surface area contributed by atoms with Crippen molar-refractivity contribution in [1.82, 2.24) is 10.2 Å². The van der Waals surface area contributed by atoms with Gasteiger partial charge in [0.1, 0.15) is 0 Å². The first-order chi connectivity index (χ1) is 10.6. The molecular formula is C17H24Cl2N2O. The standard InChI is InChI=1S/C17H24Cl2N2O/c1-13(21-9-3-2-4-10-21)12-20-17(22)8-6-14-5-7-15(18)16(19)11-14/h5,7,11,13H,2-4,6,8-10,12H2,1H3,(H,20,22). The minimum atomic E-state index is 0.0925. The largest absolute Gasteiger partial charge is 0.355 e. The number of piperidine rings is 1. The quantitative estimate of drug-likeness (QED) is 0.849. The molecule has 5 heteroatoms. The van der Waals surface area contributed by atoms with Crippen molar-refractivity contribution in [3.8, 4) is 0 Å². The zero-order valence-electron chi connectivity index (χ0n) is 13.1. The number of halogens is 2. The summed E-state index contributed by atoms with van der Waals surface area (Å²) in [7, 11) is 0. The Bertz CT molecular complexity index is 501. The third kappa shape index (κ3) is 5.45. The molecule has 2 rings (SSSR count). The number of rotatable bonds is 6. The van der Waals surface area contributed by atoms with Gasteiger partial charge in [0.05, 0.1) is 10.0 Å². The Labute approximate surface area is 143 Å². The molecule has 0 saturated carbocycles. The fraction of sp³-hybridized carbons (Fsp3) is 0.588. The average Bonchev–Trinajstić information content (AvgIpc) is 2.54. The molecule has 1 aromatic rings. The van der Waals surface area contributed by atoms with Crippen molar-refractivity contribution in [2.24, 2.45) is 0 Å². The maximum absolute atomic E-state index is 12.0. The maximum atomic E-state index is 12.0. The molecule has 0 spiro atoms. The zero-order valence-corrected chi connectivity index (χ0v) is 14.6. The van der Waals surface area contributed by atoms with E-state index in [1.807, 2.05) is 12.1 Å². The van der Waals surface area contributed by atoms with E-state index >= 15 is 0 Å². The normalized spacial score (nSPS) is 17.2. The van der Waals surface area contributed by atoms with E-state index in [4.69, 9.17) is 23.2 Å². The highest BCUT2D eigenvalue weighted by Crippen LogP contribution is 2.23. The summed E-state index contributed by atoms with van der Waals surface area (Å²) in [6.45, 7) is 5.21. The van der Waals surface area contributed by atoms with Crippen LogP contribution in [0.5, 0.6) is 0 Å². The molecule has 1 aliphatic heterocycles. The Hall–Kier alpha value is -0.770. The number of amides is 1. The second-order valence-electron chi connectivity index (χ2n) is 6.00. The molecule has 0 aromatic heterocycles. The van der Waals surface area contributed by atoms with E-state index in [1.165, 1.54) is 19.3 Å². The van der Waals surface area contributed by atoms with Gasteiger partial charge in [0.25, 0.3) is 0 Å². The summed E-state index contributed by atoms with van der Waals surface area (Å²) in [6, 6.07) is 5.93. The van der Waals surface area contributed by atoms with Crippen LogP contribution >= 0.6 is 23.2 Å². The lowest BCUT2D eigenvalue weighted by molar-refractivity contribution is -0.121. The van der Waals surface area contributed by atoms with Gasteiger partial charge in [-0.3, -0.25) is 9.69 Å². The fourth-order valence-corrected chi connectivity index (χ4v) is 3.11. The molecule has 22 heavy (non-hydrogen) atoms. The van der Waals surface area contributed by atoms with E-state index < -0.39 is 0 Å². The Morgan fingerprint density at radius 1 is 1.23 bits per heavy atom. The molecule has 1 heterocycles. The van der Waals surface area contributed by atoms with Gasteiger partial charge in [-0.2, -0.15) is 0 Å². The lowest BCUT2D eigenvalue weighted by Crippen LogP contribution is -2.44. The molecule has 3 nitrogen and oxygen atoms in total. The predicted molar refractivity (Wildman–Crippen MR) is 92.7 cm³/mol. The van der Waals surface area contributed by atoms with Gasteiger partial charge in [-0.15, -0.1) is 0 Å². The first-order valence-corrected chi connectivity index (χ1v) is 8.76. The van der Waals surface area contributed by atoms with Crippen LogP contribution in [0.25, 0.3) is 0 Å². The first-order valence-electron chi connectivity index (χ1n) is 8.01. The highest BCUT2D eigenvalue weighted by Gasteiger charge is 2.17. The molecule has 1 aliphatic rings. The van der Waals surface area contributed by atoms with E-state index in [9.17, 15) is 4.79 Å². The number of hydrogen-bond acceptors (Lipinski definition) is 2. The van der Waals surface area contributed by atoms with Crippen LogP contribution in [0.3, 0.4) is 0 Å². The van der Waals surface area contributed by atoms with E-state index in [1.54, 1.807) is 6.07 Å². The van der Waals surface area contributed by atoms with Gasteiger partial charge in [-0.25, -0.2) is 0 Å². The summed E-state index contributed by atoms with van der Waals surface area (Å²) in [5.74, 6) is 0.0925. The molecule has 0 bridgehead atoms. The van der Waals surface area contributed by atoms with Crippen LogP contribution in [0.1, 0.15) is 38.2 Å². The van der Waals surface area contributed by atoms with Gasteiger partial charge in [0.15, 0.2) is 0 Å². The maximum Gasteiger partial charge on any atom is 0.220 e. The lowest BCUT2D eigenvalue weighted by atomic mass is 10.1. The Morgan fingerprint density at radius 2 is 1.95 bits per heavy atom. The summed E-state index contributed by atoms with van der Waals surface area (Å²) in [5.41, 5.74) is 1.04. The van der Waals surface area contributed by atoms with Crippen molar-refractivity contribution in [2.45, 2.75) is 45.1 Å². The highest BCUT2D eigenvalue weighted by atomic mass is 35.5. The smallest absolute Gasteiger partial charge is 0.220 e. The molecule has 1 atom stereocenters. The van der Waals surface area contributed by atoms with Crippen molar-refractivity contribution in [3.63, 3.8) is 0 Å². The number of likely N-dealkylation sites (tertiary alicyclic amines) is 1. The van der Waals surface area contributed by atoms with Crippen molar-refractivity contribution in [3.05, 3.63) is 33.8 Å². The molecule has 1 aromatic carbocycles. The van der Waals surface area contributed by atoms with E-state index in [2.05, 4.69) is 17.1 Å². The molecule has 0 radical (unpaired) electrons. The van der Waals surface area contributed by atoms with Crippen molar-refractivity contribution < 1.29 is 4.79 Å². The minimum Gasteiger partial charge on any atom is -0.355 e. The molecular weight excluding hydrogens is 319 g/mol. The predicted octanol–water partition coefficient (Wildman–Crippen LogP) is 3.92. The van der Waals surface area contributed by atoms with Crippen LogP contribution in [-0.2, 0) is 11.2 Å². The summed E-state index contributed by atoms with van der Waals surface area (Å²) in [5, 5.41) is 4.12. The van der Waals surface area contributed by atoms with Crippen LogP contribution in [0, 0.1) is 0 Å². The average molecular weight is 343 g/mol. The third-order valence-corrected chi connectivity index (χ3v) is 4.97. The van der Waals surface area contributed by atoms with Crippen LogP contribution in [0.2, 0.25) is 10.0 Å². The van der Waals surface area contributed by atoms with Crippen LogP contribution in [0.15, 0.2) is 18.2 Å². The van der Waals surface area contributed by atoms with Gasteiger partial charge in [0.2, 0.25) is 5.91 Å². The Balaban J connectivity index is 1.70. The SMILES string of the molecule is CC(CNC(=O)CCc1ccc(Cl)c(Cl)c1)N1CCCCC1. The molecule has 1 amide bonds. The molecule has 1 fully saturated rings. The van der Waals surface area contributed by atoms with E-state index in [0.717, 1.165) is 25.2 Å². The second kappa shape index (κ2) is 8.76. The molecule has 1 saturated heterocycles. The highest BCUT2D eigenvalue weighted by molar-refractivity contribution is 6.42. The topological polar surface area (TPSA) is 32.3 Å². The van der Waals surface area contributed by atoms with Crippen molar-refractivity contribution >= 4 is 29.1 Å². The number of carbonyl (C=O) groups excluding carboxylic acids is 1. The molecule has 1 N–H and O–H groups in total. The Kier molecular flexibility index (Phi) is 7.00. The lowest BCUT2D eigenvalue weighted by Gasteiger charge is -2.32. The third-order valence-electron chi connectivity index (χ3n) is 4.23. The summed E-state index contributed by atoms with van der Waals surface area (Å²) < 4.78 is 0. The van der Waals surface area contributed by atoms with Gasteiger partial charge < -0.3 is 5.32 Å². The number of benzene rings is 1. The monoisotopic (exact) mass is 342 g/mol. The van der Waals surface area contributed by atoms with Crippen molar-refractivity contribution in [1.29, 1.82) is 0 Å². The summed E-state index contributed by atoms with van der Waals surface area (Å²) in [4.78, 5) is 14.4. The van der Waals surface area contributed by atoms with Gasteiger partial charge >= 0.3 is 0 Å². The number of hydrogen-bond donors (Lipinski definition) is 1. The van der Waals surface area contributed by atoms with Crippen molar-refractivity contribution in [2.75, 3.05) is 19.6 Å². The first kappa shape index (κ1) is 17.6. The summed E-state index contributed by atoms with van der Waals surface area (Å²) in [6.07, 6.45) is 5.04. The number of carbonyl (C=O) groups is 1. The molecule has 0 aliphatic carbocycles. The fourth-order valence-electron chi connectivity index (χ4n) is 2.79. The molecule has 1 unspecified atom stereocenters. The van der Waals surface area contributed by atoms with Crippen LogP contribution in [0.4, 0.5) is 0 Å². The van der Waals surface area contributed by atoms with Gasteiger partial charge in [-0.1, -0.05) is 35.7 Å². The van der Waals surface area contributed by atoms with Crippen LogP contribution < -0.4 is 5.32 Å². The Morgan fingerprint density at radius 3 is 2.64 bits per heavy atom. The summed E-state index contributed by atoms with van der Waals surface area (Å²) >= 11 is 11.9. The second-order valence-corrected chi connectivity index (χ2v) is 6.81. The number of nitrogens with one attached hydrogen (secondary N) is 1. The van der Waals surface area contributed by atoms with E-state index in [-0.39, 0.29) is 5.91 Å². The van der Waals surface area contributed by atoms with Gasteiger partial charge in [-0.05, 0) is 57.0 Å². The van der Waals surface area contributed by atoms with E-state index in [0.29, 0.717) is 28.9 Å². The van der Waals surface area contributed by atoms with Crippen LogP contribution in [-0.4, -0.2) is 36.5 Å². The minimum absolute atomic E-state index is 0.0925. The number of aryl methyl sites for hydroxylation is 1.